The first kappa shape index (κ1) is 18.3. The summed E-state index contributed by atoms with van der Waals surface area (Å²) in [7, 11) is 0. The molecule has 1 aromatic carbocycles. The fraction of sp³-hybridized carbons (Fsp3) is 0.632. The van der Waals surface area contributed by atoms with Gasteiger partial charge < -0.3 is 11.1 Å². The van der Waals surface area contributed by atoms with Crippen LogP contribution >= 0.6 is 12.4 Å². The SMILES string of the molecule is Cc1cccc(C2(CNC(=O)C3(N)CCCC3)CCCC2)c1.Cl. The summed E-state index contributed by atoms with van der Waals surface area (Å²) in [6.07, 6.45) is 8.63. The maximum atomic E-state index is 12.5. The summed E-state index contributed by atoms with van der Waals surface area (Å²) in [5.41, 5.74) is 8.44. The van der Waals surface area contributed by atoms with Crippen LogP contribution in [0.25, 0.3) is 0 Å². The Bertz CT molecular complexity index is 546. The lowest BCUT2D eigenvalue weighted by Gasteiger charge is -2.32. The molecular formula is C19H29ClN2O. The molecule has 0 unspecified atom stereocenters. The highest BCUT2D eigenvalue weighted by Crippen LogP contribution is 2.41. The monoisotopic (exact) mass is 336 g/mol. The number of halogens is 1. The van der Waals surface area contributed by atoms with Crippen LogP contribution in [0.1, 0.15) is 62.5 Å². The van der Waals surface area contributed by atoms with Gasteiger partial charge in [-0.3, -0.25) is 4.79 Å². The molecule has 2 saturated carbocycles. The Balaban J connectivity index is 0.00000192. The molecule has 0 aromatic heterocycles. The summed E-state index contributed by atoms with van der Waals surface area (Å²) in [6, 6.07) is 8.77. The smallest absolute Gasteiger partial charge is 0.240 e. The van der Waals surface area contributed by atoms with Gasteiger partial charge in [0.2, 0.25) is 5.91 Å². The lowest BCUT2D eigenvalue weighted by Crippen LogP contribution is -2.54. The number of hydrogen-bond donors (Lipinski definition) is 2. The molecule has 0 spiro atoms. The third-order valence-electron chi connectivity index (χ3n) is 5.73. The number of nitrogens with one attached hydrogen (secondary N) is 1. The van der Waals surface area contributed by atoms with E-state index >= 15 is 0 Å². The van der Waals surface area contributed by atoms with Crippen molar-refractivity contribution < 1.29 is 4.79 Å². The predicted molar refractivity (Wildman–Crippen MR) is 97.0 cm³/mol. The summed E-state index contributed by atoms with van der Waals surface area (Å²) in [6.45, 7) is 2.87. The van der Waals surface area contributed by atoms with E-state index in [2.05, 4.69) is 36.5 Å². The molecule has 3 rings (SSSR count). The minimum atomic E-state index is -0.619. The molecule has 0 heterocycles. The molecule has 0 bridgehead atoms. The molecule has 1 aromatic rings. The zero-order valence-corrected chi connectivity index (χ0v) is 14.9. The molecule has 128 valence electrons. The standard InChI is InChI=1S/C19H28N2O.ClH/c1-15-7-6-8-16(13-15)18(9-2-3-10-18)14-21-17(22)19(20)11-4-5-12-19;/h6-8,13H,2-5,9-12,14,20H2,1H3,(H,21,22);1H. The van der Waals surface area contributed by atoms with Crippen LogP contribution in [-0.2, 0) is 10.2 Å². The summed E-state index contributed by atoms with van der Waals surface area (Å²) < 4.78 is 0. The van der Waals surface area contributed by atoms with Crippen molar-refractivity contribution in [2.24, 2.45) is 5.73 Å². The topological polar surface area (TPSA) is 55.1 Å². The molecule has 3 nitrogen and oxygen atoms in total. The molecule has 3 N–H and O–H groups in total. The van der Waals surface area contributed by atoms with Crippen molar-refractivity contribution in [2.75, 3.05) is 6.54 Å². The number of carbonyl (C=O) groups excluding carboxylic acids is 1. The van der Waals surface area contributed by atoms with Gasteiger partial charge in [0.1, 0.15) is 0 Å². The van der Waals surface area contributed by atoms with Crippen LogP contribution in [0, 0.1) is 6.92 Å². The van der Waals surface area contributed by atoms with Crippen LogP contribution in [0.15, 0.2) is 24.3 Å². The van der Waals surface area contributed by atoms with E-state index in [1.54, 1.807) is 0 Å². The van der Waals surface area contributed by atoms with E-state index in [1.807, 2.05) is 0 Å². The van der Waals surface area contributed by atoms with Crippen LogP contribution in [0.4, 0.5) is 0 Å². The van der Waals surface area contributed by atoms with E-state index in [0.717, 1.165) is 45.1 Å². The largest absolute Gasteiger partial charge is 0.354 e. The number of amides is 1. The summed E-state index contributed by atoms with van der Waals surface area (Å²) in [5, 5.41) is 3.20. The van der Waals surface area contributed by atoms with Gasteiger partial charge in [0.05, 0.1) is 5.54 Å². The van der Waals surface area contributed by atoms with Crippen LogP contribution in [0.5, 0.6) is 0 Å². The minimum absolute atomic E-state index is 0. The Kier molecular flexibility index (Phi) is 5.74. The first-order chi connectivity index (χ1) is 10.5. The van der Waals surface area contributed by atoms with Crippen molar-refractivity contribution in [3.63, 3.8) is 0 Å². The molecule has 1 amide bonds. The van der Waals surface area contributed by atoms with E-state index in [-0.39, 0.29) is 23.7 Å². The summed E-state index contributed by atoms with van der Waals surface area (Å²) >= 11 is 0. The second-order valence-electron chi connectivity index (χ2n) is 7.40. The Morgan fingerprint density at radius 1 is 1.13 bits per heavy atom. The van der Waals surface area contributed by atoms with Gasteiger partial charge in [0, 0.05) is 12.0 Å². The van der Waals surface area contributed by atoms with Gasteiger partial charge in [0.15, 0.2) is 0 Å². The molecular weight excluding hydrogens is 308 g/mol. The highest BCUT2D eigenvalue weighted by atomic mass is 35.5. The number of carbonyl (C=O) groups is 1. The van der Waals surface area contributed by atoms with Crippen LogP contribution in [0.2, 0.25) is 0 Å². The molecule has 0 atom stereocenters. The lowest BCUT2D eigenvalue weighted by atomic mass is 9.78. The molecule has 2 aliphatic carbocycles. The van der Waals surface area contributed by atoms with Crippen molar-refractivity contribution in [3.05, 3.63) is 35.4 Å². The quantitative estimate of drug-likeness (QED) is 0.882. The molecule has 0 saturated heterocycles. The highest BCUT2D eigenvalue weighted by molar-refractivity contribution is 5.86. The molecule has 4 heteroatoms. The third-order valence-corrected chi connectivity index (χ3v) is 5.73. The number of hydrogen-bond acceptors (Lipinski definition) is 2. The van der Waals surface area contributed by atoms with E-state index < -0.39 is 5.54 Å². The third kappa shape index (κ3) is 3.72. The molecule has 0 radical (unpaired) electrons. The highest BCUT2D eigenvalue weighted by Gasteiger charge is 2.40. The summed E-state index contributed by atoms with van der Waals surface area (Å²) in [4.78, 5) is 12.5. The van der Waals surface area contributed by atoms with Crippen molar-refractivity contribution in [1.29, 1.82) is 0 Å². The summed E-state index contributed by atoms with van der Waals surface area (Å²) in [5.74, 6) is 0.0592. The fourth-order valence-electron chi connectivity index (χ4n) is 4.25. The number of nitrogens with two attached hydrogens (primary N) is 1. The Morgan fingerprint density at radius 3 is 2.35 bits per heavy atom. The van der Waals surface area contributed by atoms with Crippen molar-refractivity contribution in [2.45, 2.75) is 69.2 Å². The van der Waals surface area contributed by atoms with Crippen LogP contribution in [0.3, 0.4) is 0 Å². The number of aryl methyl sites for hydroxylation is 1. The minimum Gasteiger partial charge on any atom is -0.354 e. The molecule has 0 aliphatic heterocycles. The van der Waals surface area contributed by atoms with E-state index in [9.17, 15) is 4.79 Å². The Hall–Kier alpha value is -1.06. The Labute approximate surface area is 145 Å². The average molecular weight is 337 g/mol. The van der Waals surface area contributed by atoms with Gasteiger partial charge in [0.25, 0.3) is 0 Å². The lowest BCUT2D eigenvalue weighted by molar-refractivity contribution is -0.126. The van der Waals surface area contributed by atoms with Gasteiger partial charge in [-0.1, -0.05) is 55.5 Å². The van der Waals surface area contributed by atoms with E-state index in [0.29, 0.717) is 0 Å². The molecule has 23 heavy (non-hydrogen) atoms. The van der Waals surface area contributed by atoms with Gasteiger partial charge in [-0.15, -0.1) is 12.4 Å². The van der Waals surface area contributed by atoms with Gasteiger partial charge >= 0.3 is 0 Å². The first-order valence-electron chi connectivity index (χ1n) is 8.69. The number of benzene rings is 1. The molecule has 2 aliphatic rings. The second-order valence-corrected chi connectivity index (χ2v) is 7.40. The van der Waals surface area contributed by atoms with Gasteiger partial charge in [-0.25, -0.2) is 0 Å². The fourth-order valence-corrected chi connectivity index (χ4v) is 4.25. The van der Waals surface area contributed by atoms with Crippen molar-refractivity contribution >= 4 is 18.3 Å². The van der Waals surface area contributed by atoms with Crippen molar-refractivity contribution in [1.82, 2.24) is 5.32 Å². The maximum absolute atomic E-state index is 12.5. The van der Waals surface area contributed by atoms with E-state index in [4.69, 9.17) is 5.73 Å². The van der Waals surface area contributed by atoms with Gasteiger partial charge in [-0.2, -0.15) is 0 Å². The van der Waals surface area contributed by atoms with Crippen LogP contribution in [-0.4, -0.2) is 18.0 Å². The molecule has 2 fully saturated rings. The zero-order chi connectivity index (χ0) is 15.6. The average Bonchev–Trinajstić information content (AvgIpc) is 3.15. The number of rotatable bonds is 4. The van der Waals surface area contributed by atoms with Crippen LogP contribution < -0.4 is 11.1 Å². The van der Waals surface area contributed by atoms with E-state index in [1.165, 1.54) is 24.0 Å². The first-order valence-corrected chi connectivity index (χ1v) is 8.69. The Morgan fingerprint density at radius 2 is 1.74 bits per heavy atom. The normalized spacial score (nSPS) is 21.7. The predicted octanol–water partition coefficient (Wildman–Crippen LogP) is 3.62. The van der Waals surface area contributed by atoms with Crippen molar-refractivity contribution in [3.8, 4) is 0 Å². The zero-order valence-electron chi connectivity index (χ0n) is 14.1. The second kappa shape index (κ2) is 7.23. The maximum Gasteiger partial charge on any atom is 0.240 e. The van der Waals surface area contributed by atoms with Gasteiger partial charge in [-0.05, 0) is 38.2 Å².